The normalized spacial score (nSPS) is 10.5. The molecule has 0 aliphatic heterocycles. The molecule has 0 radical (unpaired) electrons. The monoisotopic (exact) mass is 228 g/mol. The highest BCUT2D eigenvalue weighted by Gasteiger charge is 2.08. The minimum absolute atomic E-state index is 0.00182. The van der Waals surface area contributed by atoms with E-state index < -0.39 is 13.0 Å². The van der Waals surface area contributed by atoms with Crippen molar-refractivity contribution in [1.82, 2.24) is 15.2 Å². The van der Waals surface area contributed by atoms with Crippen LogP contribution in [0.15, 0.2) is 0 Å². The molecule has 0 saturated heterocycles. The van der Waals surface area contributed by atoms with Crippen molar-refractivity contribution in [2.24, 2.45) is 0 Å². The van der Waals surface area contributed by atoms with Crippen molar-refractivity contribution in [3.63, 3.8) is 0 Å². The molecule has 1 heterocycles. The summed E-state index contributed by atoms with van der Waals surface area (Å²) < 4.78 is 23.5. The van der Waals surface area contributed by atoms with Crippen LogP contribution in [-0.2, 0) is 0 Å². The third-order valence-corrected chi connectivity index (χ3v) is 1.46. The molecule has 0 amide bonds. The van der Waals surface area contributed by atoms with Crippen LogP contribution < -0.4 is 5.32 Å². The predicted molar refractivity (Wildman–Crippen MR) is 44.3 cm³/mol. The van der Waals surface area contributed by atoms with Crippen molar-refractivity contribution in [3.8, 4) is 0 Å². The summed E-state index contributed by atoms with van der Waals surface area (Å²) in [5.41, 5.74) is 0. The highest BCUT2D eigenvalue weighted by atomic mass is 35.5. The molecule has 0 aliphatic carbocycles. The van der Waals surface area contributed by atoms with Gasteiger partial charge in [-0.05, 0) is 11.6 Å². The van der Waals surface area contributed by atoms with Crippen LogP contribution in [0.4, 0.5) is 14.6 Å². The molecule has 0 spiro atoms. The molecule has 0 atom stereocenters. The minimum Gasteiger partial charge on any atom is -0.362 e. The number of nitrogens with one attached hydrogen (secondary N) is 1. The van der Waals surface area contributed by atoms with E-state index in [1.807, 2.05) is 0 Å². The lowest BCUT2D eigenvalue weighted by molar-refractivity contribution is 0.163. The van der Waals surface area contributed by atoms with Gasteiger partial charge < -0.3 is 5.32 Å². The van der Waals surface area contributed by atoms with Crippen molar-refractivity contribution < 1.29 is 8.78 Å². The van der Waals surface area contributed by atoms with Crippen molar-refractivity contribution in [3.05, 3.63) is 10.4 Å². The van der Waals surface area contributed by atoms with Gasteiger partial charge in [-0.25, -0.2) is 8.78 Å². The van der Waals surface area contributed by atoms with Crippen molar-refractivity contribution in [1.29, 1.82) is 0 Å². The average molecular weight is 229 g/mol. The lowest BCUT2D eigenvalue weighted by atomic mass is 10.6. The van der Waals surface area contributed by atoms with E-state index in [1.54, 1.807) is 0 Å². The van der Waals surface area contributed by atoms with Gasteiger partial charge in [0.2, 0.25) is 5.28 Å². The molecule has 1 rings (SSSR count). The molecular formula is C5H4Cl2F2N4. The van der Waals surface area contributed by atoms with Crippen LogP contribution >= 0.6 is 23.2 Å². The highest BCUT2D eigenvalue weighted by Crippen LogP contribution is 2.16. The van der Waals surface area contributed by atoms with Gasteiger partial charge in [0.1, 0.15) is 0 Å². The van der Waals surface area contributed by atoms with Gasteiger partial charge in [-0.1, -0.05) is 11.6 Å². The Labute approximate surface area is 82.3 Å². The van der Waals surface area contributed by atoms with Crippen LogP contribution in [0.3, 0.4) is 0 Å². The van der Waals surface area contributed by atoms with E-state index in [4.69, 9.17) is 23.2 Å². The van der Waals surface area contributed by atoms with Gasteiger partial charge in [-0.15, -0.1) is 10.2 Å². The lowest BCUT2D eigenvalue weighted by Crippen LogP contribution is -2.12. The first-order chi connectivity index (χ1) is 6.09. The summed E-state index contributed by atoms with van der Waals surface area (Å²) in [6.07, 6.45) is -2.50. The Balaban J connectivity index is 2.70. The van der Waals surface area contributed by atoms with Gasteiger partial charge >= 0.3 is 0 Å². The quantitative estimate of drug-likeness (QED) is 0.859. The zero-order chi connectivity index (χ0) is 9.84. The highest BCUT2D eigenvalue weighted by molar-refractivity contribution is 6.32. The number of nitrogens with zero attached hydrogens (tertiary/aromatic N) is 3. The molecule has 1 aromatic heterocycles. The average Bonchev–Trinajstić information content (AvgIpc) is 2.06. The molecule has 72 valence electrons. The Kier molecular flexibility index (Phi) is 3.56. The Hall–Kier alpha value is -0.750. The summed E-state index contributed by atoms with van der Waals surface area (Å²) in [5.74, 6) is 0.00182. The zero-order valence-electron chi connectivity index (χ0n) is 6.14. The topological polar surface area (TPSA) is 50.7 Å². The number of rotatable bonds is 3. The van der Waals surface area contributed by atoms with Crippen LogP contribution in [0, 0.1) is 0 Å². The largest absolute Gasteiger partial charge is 0.362 e. The van der Waals surface area contributed by atoms with Gasteiger partial charge in [0.15, 0.2) is 11.0 Å². The van der Waals surface area contributed by atoms with Crippen LogP contribution in [0.5, 0.6) is 0 Å². The summed E-state index contributed by atoms with van der Waals surface area (Å²) in [5, 5.41) is 8.71. The third-order valence-electron chi connectivity index (χ3n) is 1.04. The number of hydrogen-bond donors (Lipinski definition) is 1. The molecule has 4 nitrogen and oxygen atoms in total. The molecule has 13 heavy (non-hydrogen) atoms. The third kappa shape index (κ3) is 3.23. The number of aromatic nitrogens is 3. The van der Waals surface area contributed by atoms with Crippen LogP contribution in [0.1, 0.15) is 0 Å². The van der Waals surface area contributed by atoms with Crippen molar-refractivity contribution in [2.45, 2.75) is 6.43 Å². The lowest BCUT2D eigenvalue weighted by Gasteiger charge is -2.04. The van der Waals surface area contributed by atoms with Crippen LogP contribution in [0.25, 0.3) is 0 Å². The summed E-state index contributed by atoms with van der Waals surface area (Å²) in [7, 11) is 0. The fraction of sp³-hybridized carbons (Fsp3) is 0.400. The number of hydrogen-bond acceptors (Lipinski definition) is 4. The van der Waals surface area contributed by atoms with Gasteiger partial charge in [0.05, 0.1) is 6.54 Å². The van der Waals surface area contributed by atoms with Gasteiger partial charge in [-0.2, -0.15) is 4.98 Å². The predicted octanol–water partition coefficient (Wildman–Crippen LogP) is 1.86. The van der Waals surface area contributed by atoms with E-state index in [9.17, 15) is 8.78 Å². The molecule has 0 saturated carbocycles. The summed E-state index contributed by atoms with van der Waals surface area (Å²) >= 11 is 10.8. The van der Waals surface area contributed by atoms with E-state index >= 15 is 0 Å². The van der Waals surface area contributed by atoms with E-state index in [0.29, 0.717) is 0 Å². The molecule has 0 fully saturated rings. The van der Waals surface area contributed by atoms with Crippen LogP contribution in [0.2, 0.25) is 10.4 Å². The molecule has 0 unspecified atom stereocenters. The number of halogens is 4. The minimum atomic E-state index is -2.50. The Morgan fingerprint density at radius 3 is 2.62 bits per heavy atom. The summed E-state index contributed by atoms with van der Waals surface area (Å²) in [4.78, 5) is 3.56. The smallest absolute Gasteiger partial charge is 0.255 e. The Morgan fingerprint density at radius 2 is 2.00 bits per heavy atom. The molecule has 1 aromatic rings. The Morgan fingerprint density at radius 1 is 1.31 bits per heavy atom. The zero-order valence-corrected chi connectivity index (χ0v) is 7.65. The van der Waals surface area contributed by atoms with E-state index in [2.05, 4.69) is 20.5 Å². The summed E-state index contributed by atoms with van der Waals surface area (Å²) in [6, 6.07) is 0. The first-order valence-corrected chi connectivity index (χ1v) is 3.93. The van der Waals surface area contributed by atoms with Crippen molar-refractivity contribution >= 4 is 29.0 Å². The van der Waals surface area contributed by atoms with Gasteiger partial charge in [0, 0.05) is 0 Å². The molecule has 1 N–H and O–H groups in total. The second kappa shape index (κ2) is 4.48. The molecule has 0 aromatic carbocycles. The fourth-order valence-electron chi connectivity index (χ4n) is 0.580. The molecule has 8 heteroatoms. The summed E-state index contributed by atoms with van der Waals surface area (Å²) in [6.45, 7) is -0.561. The first-order valence-electron chi connectivity index (χ1n) is 3.17. The standard InChI is InChI=1S/C5H4Cl2F2N4/c6-3-4(10-1-2(8)9)11-5(7)13-12-3/h2H,1H2,(H,10,11,13). The fourth-order valence-corrected chi connectivity index (χ4v) is 0.849. The first kappa shape index (κ1) is 10.3. The van der Waals surface area contributed by atoms with Gasteiger partial charge in [0.25, 0.3) is 6.43 Å². The van der Waals surface area contributed by atoms with Crippen molar-refractivity contribution in [2.75, 3.05) is 11.9 Å². The second-order valence-corrected chi connectivity index (χ2v) is 2.69. The van der Waals surface area contributed by atoms with E-state index in [1.165, 1.54) is 0 Å². The molecule has 0 aliphatic rings. The van der Waals surface area contributed by atoms with E-state index in [0.717, 1.165) is 0 Å². The maximum atomic E-state index is 11.8. The van der Waals surface area contributed by atoms with E-state index in [-0.39, 0.29) is 16.3 Å². The van der Waals surface area contributed by atoms with Gasteiger partial charge in [-0.3, -0.25) is 0 Å². The Bertz CT molecular complexity index is 296. The maximum absolute atomic E-state index is 11.8. The number of alkyl halides is 2. The SMILES string of the molecule is FC(F)CNc1nc(Cl)nnc1Cl. The maximum Gasteiger partial charge on any atom is 0.255 e. The second-order valence-electron chi connectivity index (χ2n) is 1.99. The molecule has 0 bridgehead atoms. The number of anilines is 1. The van der Waals surface area contributed by atoms with Crippen LogP contribution in [-0.4, -0.2) is 28.2 Å². The molecular weight excluding hydrogens is 225 g/mol.